The van der Waals surface area contributed by atoms with E-state index in [1.165, 1.54) is 0 Å². The van der Waals surface area contributed by atoms with Gasteiger partial charge in [-0.2, -0.15) is 0 Å². The molecule has 4 atom stereocenters. The highest BCUT2D eigenvalue weighted by Gasteiger charge is 2.57. The summed E-state index contributed by atoms with van der Waals surface area (Å²) in [6.45, 7) is 10.1. The highest BCUT2D eigenvalue weighted by Crippen LogP contribution is 2.61. The van der Waals surface area contributed by atoms with Gasteiger partial charge in [-0.1, -0.05) is 13.8 Å². The molecule has 3 aliphatic carbocycles. The Balaban J connectivity index is 2.05. The predicted molar refractivity (Wildman–Crippen MR) is 77.3 cm³/mol. The average molecular weight is 281 g/mol. The topological polar surface area (TPSA) is 55.4 Å². The summed E-state index contributed by atoms with van der Waals surface area (Å²) in [6.07, 6.45) is 3.33. The van der Waals surface area contributed by atoms with E-state index in [4.69, 9.17) is 4.74 Å². The van der Waals surface area contributed by atoms with Crippen molar-refractivity contribution in [3.8, 4) is 0 Å². The third kappa shape index (κ3) is 2.84. The fourth-order valence-electron chi connectivity index (χ4n) is 3.93. The van der Waals surface area contributed by atoms with Crippen LogP contribution >= 0.6 is 0 Å². The molecule has 3 rings (SSSR count). The minimum absolute atomic E-state index is 0.0649. The Morgan fingerprint density at radius 1 is 1.35 bits per heavy atom. The summed E-state index contributed by atoms with van der Waals surface area (Å²) in [5, 5.41) is 3.03. The van der Waals surface area contributed by atoms with Gasteiger partial charge in [0.25, 0.3) is 0 Å². The van der Waals surface area contributed by atoms with E-state index in [0.717, 1.165) is 19.1 Å². The summed E-state index contributed by atoms with van der Waals surface area (Å²) < 4.78 is 5.36. The van der Waals surface area contributed by atoms with Crippen molar-refractivity contribution in [1.82, 2.24) is 5.32 Å². The number of hydrogen-bond acceptors (Lipinski definition) is 3. The van der Waals surface area contributed by atoms with E-state index < -0.39 is 5.60 Å². The van der Waals surface area contributed by atoms with E-state index >= 15 is 0 Å². The quantitative estimate of drug-likeness (QED) is 0.808. The molecule has 3 fully saturated rings. The van der Waals surface area contributed by atoms with Gasteiger partial charge >= 0.3 is 6.09 Å². The molecule has 0 aromatic heterocycles. The average Bonchev–Trinajstić information content (AvgIpc) is 2.28. The maximum atomic E-state index is 12.0. The fraction of sp³-hybridized carbons (Fsp3) is 0.875. The number of aldehydes is 1. The van der Waals surface area contributed by atoms with Crippen molar-refractivity contribution in [2.24, 2.45) is 23.2 Å². The van der Waals surface area contributed by atoms with E-state index in [1.54, 1.807) is 0 Å². The SMILES string of the molecule is CC(C)(C)OC(=O)N[C@@H]1[C@@H](CC=O)C[C@@H]2C[C@H]1C2(C)C. The summed E-state index contributed by atoms with van der Waals surface area (Å²) in [7, 11) is 0. The smallest absolute Gasteiger partial charge is 0.407 e. The lowest BCUT2D eigenvalue weighted by atomic mass is 9.44. The number of nitrogens with one attached hydrogen (secondary N) is 1. The zero-order chi connectivity index (χ0) is 15.1. The molecule has 4 nitrogen and oxygen atoms in total. The second-order valence-electron chi connectivity index (χ2n) is 7.93. The first-order chi connectivity index (χ1) is 9.15. The van der Waals surface area contributed by atoms with Gasteiger partial charge in [-0.3, -0.25) is 0 Å². The van der Waals surface area contributed by atoms with E-state index in [9.17, 15) is 9.59 Å². The van der Waals surface area contributed by atoms with Gasteiger partial charge in [0.2, 0.25) is 0 Å². The van der Waals surface area contributed by atoms with Crippen molar-refractivity contribution in [3.05, 3.63) is 0 Å². The number of carbonyl (C=O) groups excluding carboxylic acids is 2. The van der Waals surface area contributed by atoms with Gasteiger partial charge in [0.15, 0.2) is 0 Å². The van der Waals surface area contributed by atoms with Gasteiger partial charge in [0, 0.05) is 12.5 Å². The van der Waals surface area contributed by atoms with Gasteiger partial charge in [0.05, 0.1) is 0 Å². The minimum Gasteiger partial charge on any atom is -0.444 e. The maximum absolute atomic E-state index is 12.0. The van der Waals surface area contributed by atoms with Gasteiger partial charge in [-0.15, -0.1) is 0 Å². The highest BCUT2D eigenvalue weighted by molar-refractivity contribution is 5.68. The maximum Gasteiger partial charge on any atom is 0.407 e. The first-order valence-corrected chi connectivity index (χ1v) is 7.58. The first kappa shape index (κ1) is 15.3. The van der Waals surface area contributed by atoms with Crippen LogP contribution in [-0.2, 0) is 9.53 Å². The largest absolute Gasteiger partial charge is 0.444 e. The van der Waals surface area contributed by atoms with Crippen LogP contribution in [0.1, 0.15) is 53.9 Å². The van der Waals surface area contributed by atoms with Crippen molar-refractivity contribution in [3.63, 3.8) is 0 Å². The Hall–Kier alpha value is -1.06. The number of fused-ring (bicyclic) bond motifs is 2. The number of alkyl carbamates (subject to hydrolysis) is 1. The number of amides is 1. The third-order valence-corrected chi connectivity index (χ3v) is 5.16. The van der Waals surface area contributed by atoms with Crippen molar-refractivity contribution in [2.45, 2.75) is 65.5 Å². The first-order valence-electron chi connectivity index (χ1n) is 7.58. The molecule has 3 saturated carbocycles. The lowest BCUT2D eigenvalue weighted by Crippen LogP contribution is -2.63. The molecule has 114 valence electrons. The molecule has 4 heteroatoms. The van der Waals surface area contributed by atoms with Crippen molar-refractivity contribution in [1.29, 1.82) is 0 Å². The van der Waals surface area contributed by atoms with E-state index in [1.807, 2.05) is 20.8 Å². The molecular weight excluding hydrogens is 254 g/mol. The van der Waals surface area contributed by atoms with Gasteiger partial charge in [-0.25, -0.2) is 4.79 Å². The molecule has 1 amide bonds. The Morgan fingerprint density at radius 2 is 2.00 bits per heavy atom. The number of ether oxygens (including phenoxy) is 1. The zero-order valence-electron chi connectivity index (χ0n) is 13.2. The Labute approximate surface area is 121 Å². The second kappa shape index (κ2) is 5.05. The van der Waals surface area contributed by atoms with Crippen LogP contribution in [0.15, 0.2) is 0 Å². The molecule has 0 aromatic rings. The normalized spacial score (nSPS) is 34.9. The van der Waals surface area contributed by atoms with Crippen LogP contribution in [0.5, 0.6) is 0 Å². The third-order valence-electron chi connectivity index (χ3n) is 5.16. The highest BCUT2D eigenvalue weighted by atomic mass is 16.6. The Morgan fingerprint density at radius 3 is 2.50 bits per heavy atom. The molecule has 0 saturated heterocycles. The van der Waals surface area contributed by atoms with Crippen LogP contribution in [0.4, 0.5) is 4.79 Å². The number of rotatable bonds is 3. The van der Waals surface area contributed by atoms with Crippen LogP contribution in [0.2, 0.25) is 0 Å². The summed E-state index contributed by atoms with van der Waals surface area (Å²) in [4.78, 5) is 22.9. The van der Waals surface area contributed by atoms with E-state index in [-0.39, 0.29) is 23.5 Å². The number of hydrogen-bond donors (Lipinski definition) is 1. The zero-order valence-corrected chi connectivity index (χ0v) is 13.2. The van der Waals surface area contributed by atoms with Crippen LogP contribution in [0.3, 0.4) is 0 Å². The van der Waals surface area contributed by atoms with Gasteiger partial charge in [0.1, 0.15) is 11.9 Å². The van der Waals surface area contributed by atoms with Crippen molar-refractivity contribution < 1.29 is 14.3 Å². The standard InChI is InChI=1S/C16H27NO3/c1-15(2,3)20-14(19)17-13-10(6-7-18)8-11-9-12(13)16(11,4)5/h7,10-13H,6,8-9H2,1-5H3,(H,17,19)/t10-,11+,12+,13+/m0/s1. The Bertz CT molecular complexity index is 397. The molecule has 0 unspecified atom stereocenters. The van der Waals surface area contributed by atoms with Gasteiger partial charge in [-0.05, 0) is 56.8 Å². The molecular formula is C16H27NO3. The van der Waals surface area contributed by atoms with Crippen LogP contribution in [-0.4, -0.2) is 24.0 Å². The minimum atomic E-state index is -0.490. The molecule has 20 heavy (non-hydrogen) atoms. The monoisotopic (exact) mass is 281 g/mol. The fourth-order valence-corrected chi connectivity index (χ4v) is 3.93. The molecule has 0 aromatic carbocycles. The molecule has 1 N–H and O–H groups in total. The molecule has 2 bridgehead atoms. The lowest BCUT2D eigenvalue weighted by molar-refractivity contribution is -0.124. The summed E-state index contributed by atoms with van der Waals surface area (Å²) >= 11 is 0. The molecule has 0 radical (unpaired) electrons. The number of carbonyl (C=O) groups is 2. The lowest BCUT2D eigenvalue weighted by Gasteiger charge is -2.62. The summed E-state index contributed by atoms with van der Waals surface area (Å²) in [5.41, 5.74) is -0.227. The van der Waals surface area contributed by atoms with Crippen LogP contribution in [0, 0.1) is 23.2 Å². The molecule has 0 spiro atoms. The summed E-state index contributed by atoms with van der Waals surface area (Å²) in [5.74, 6) is 1.41. The molecule has 0 heterocycles. The second-order valence-corrected chi connectivity index (χ2v) is 7.93. The van der Waals surface area contributed by atoms with E-state index in [0.29, 0.717) is 18.3 Å². The predicted octanol–water partition coefficient (Wildman–Crippen LogP) is 3.15. The van der Waals surface area contributed by atoms with Crippen LogP contribution in [0.25, 0.3) is 0 Å². The molecule has 0 aliphatic heterocycles. The van der Waals surface area contributed by atoms with Gasteiger partial charge < -0.3 is 14.8 Å². The van der Waals surface area contributed by atoms with Crippen LogP contribution < -0.4 is 5.32 Å². The van der Waals surface area contributed by atoms with E-state index in [2.05, 4.69) is 19.2 Å². The van der Waals surface area contributed by atoms with Crippen molar-refractivity contribution in [2.75, 3.05) is 0 Å². The molecule has 3 aliphatic rings. The Kier molecular flexibility index (Phi) is 3.87. The summed E-state index contributed by atoms with van der Waals surface area (Å²) in [6, 6.07) is 0.0649. The van der Waals surface area contributed by atoms with Crippen molar-refractivity contribution >= 4 is 12.4 Å².